The van der Waals surface area contributed by atoms with Crippen LogP contribution < -0.4 is 10.6 Å². The quantitative estimate of drug-likeness (QED) is 0.697. The average molecular weight is 228 g/mol. The first-order chi connectivity index (χ1) is 7.76. The van der Waals surface area contributed by atoms with Crippen molar-refractivity contribution in [2.75, 3.05) is 26.3 Å². The van der Waals surface area contributed by atoms with E-state index < -0.39 is 0 Å². The Morgan fingerprint density at radius 2 is 2.12 bits per heavy atom. The topological polar surface area (TPSA) is 33.3 Å². The SMILES string of the molecule is CCC(CC)CNC(C)CC1COCCN1. The van der Waals surface area contributed by atoms with Crippen molar-refractivity contribution in [2.45, 2.75) is 52.1 Å². The maximum absolute atomic E-state index is 5.46. The van der Waals surface area contributed by atoms with E-state index in [1.807, 2.05) is 0 Å². The van der Waals surface area contributed by atoms with Crippen molar-refractivity contribution in [3.05, 3.63) is 0 Å². The maximum atomic E-state index is 5.46. The molecule has 0 radical (unpaired) electrons. The molecule has 1 aliphatic rings. The molecule has 0 amide bonds. The molecule has 1 rings (SSSR count). The summed E-state index contributed by atoms with van der Waals surface area (Å²) < 4.78 is 5.46. The molecule has 0 bridgehead atoms. The summed E-state index contributed by atoms with van der Waals surface area (Å²) in [6.07, 6.45) is 3.72. The van der Waals surface area contributed by atoms with Gasteiger partial charge in [-0.3, -0.25) is 0 Å². The lowest BCUT2D eigenvalue weighted by Gasteiger charge is -2.27. The van der Waals surface area contributed by atoms with Crippen molar-refractivity contribution in [3.63, 3.8) is 0 Å². The van der Waals surface area contributed by atoms with E-state index in [2.05, 4.69) is 31.4 Å². The molecule has 0 spiro atoms. The summed E-state index contributed by atoms with van der Waals surface area (Å²) in [7, 11) is 0. The lowest BCUT2D eigenvalue weighted by Crippen LogP contribution is -2.45. The molecule has 0 aromatic carbocycles. The second kappa shape index (κ2) is 8.04. The lowest BCUT2D eigenvalue weighted by atomic mass is 10.0. The van der Waals surface area contributed by atoms with E-state index in [1.54, 1.807) is 0 Å². The molecular formula is C13H28N2O. The van der Waals surface area contributed by atoms with Crippen LogP contribution in [-0.2, 0) is 4.74 Å². The van der Waals surface area contributed by atoms with Gasteiger partial charge in [0.15, 0.2) is 0 Å². The van der Waals surface area contributed by atoms with Crippen LogP contribution in [0.2, 0.25) is 0 Å². The number of hydrogen-bond acceptors (Lipinski definition) is 3. The fourth-order valence-electron chi connectivity index (χ4n) is 2.23. The second-order valence-corrected chi connectivity index (χ2v) is 4.95. The molecule has 1 fully saturated rings. The smallest absolute Gasteiger partial charge is 0.0620 e. The van der Waals surface area contributed by atoms with Crippen LogP contribution in [0, 0.1) is 5.92 Å². The summed E-state index contributed by atoms with van der Waals surface area (Å²) in [5, 5.41) is 7.14. The summed E-state index contributed by atoms with van der Waals surface area (Å²) in [5.41, 5.74) is 0. The third kappa shape index (κ3) is 5.28. The van der Waals surface area contributed by atoms with E-state index in [1.165, 1.54) is 19.3 Å². The monoisotopic (exact) mass is 228 g/mol. The second-order valence-electron chi connectivity index (χ2n) is 4.95. The molecule has 1 heterocycles. The Morgan fingerprint density at radius 1 is 1.38 bits per heavy atom. The Kier molecular flexibility index (Phi) is 7.01. The number of nitrogens with one attached hydrogen (secondary N) is 2. The normalized spacial score (nSPS) is 23.6. The van der Waals surface area contributed by atoms with Gasteiger partial charge in [0, 0.05) is 18.6 Å². The van der Waals surface area contributed by atoms with E-state index in [0.717, 1.165) is 32.2 Å². The highest BCUT2D eigenvalue weighted by atomic mass is 16.5. The third-order valence-corrected chi connectivity index (χ3v) is 3.55. The van der Waals surface area contributed by atoms with E-state index >= 15 is 0 Å². The molecule has 2 N–H and O–H groups in total. The van der Waals surface area contributed by atoms with Crippen molar-refractivity contribution in [2.24, 2.45) is 5.92 Å². The Bertz CT molecular complexity index is 165. The van der Waals surface area contributed by atoms with Gasteiger partial charge in [0.1, 0.15) is 0 Å². The third-order valence-electron chi connectivity index (χ3n) is 3.55. The number of morpholine rings is 1. The molecular weight excluding hydrogens is 200 g/mol. The van der Waals surface area contributed by atoms with Gasteiger partial charge in [0.2, 0.25) is 0 Å². The Hall–Kier alpha value is -0.120. The van der Waals surface area contributed by atoms with Crippen molar-refractivity contribution < 1.29 is 4.74 Å². The van der Waals surface area contributed by atoms with Gasteiger partial charge in [-0.1, -0.05) is 26.7 Å². The molecule has 2 unspecified atom stereocenters. The molecule has 2 atom stereocenters. The molecule has 16 heavy (non-hydrogen) atoms. The first kappa shape index (κ1) is 13.9. The van der Waals surface area contributed by atoms with E-state index in [0.29, 0.717) is 12.1 Å². The summed E-state index contributed by atoms with van der Waals surface area (Å²) in [6.45, 7) is 10.7. The Labute approximate surface area is 100 Å². The predicted molar refractivity (Wildman–Crippen MR) is 68.8 cm³/mol. The fraction of sp³-hybridized carbons (Fsp3) is 1.00. The van der Waals surface area contributed by atoms with Gasteiger partial charge in [0.25, 0.3) is 0 Å². The molecule has 3 heteroatoms. The minimum Gasteiger partial charge on any atom is -0.379 e. The zero-order valence-corrected chi connectivity index (χ0v) is 11.1. The van der Waals surface area contributed by atoms with Crippen LogP contribution in [0.3, 0.4) is 0 Å². The van der Waals surface area contributed by atoms with Crippen LogP contribution in [0.5, 0.6) is 0 Å². The molecule has 0 aliphatic carbocycles. The molecule has 0 saturated carbocycles. The van der Waals surface area contributed by atoms with E-state index in [-0.39, 0.29) is 0 Å². The van der Waals surface area contributed by atoms with Gasteiger partial charge in [-0.25, -0.2) is 0 Å². The lowest BCUT2D eigenvalue weighted by molar-refractivity contribution is 0.0710. The summed E-state index contributed by atoms with van der Waals surface area (Å²) in [4.78, 5) is 0. The van der Waals surface area contributed by atoms with Gasteiger partial charge in [-0.15, -0.1) is 0 Å². The summed E-state index contributed by atoms with van der Waals surface area (Å²) in [5.74, 6) is 0.831. The molecule has 1 aliphatic heterocycles. The minimum absolute atomic E-state index is 0.540. The highest BCUT2D eigenvalue weighted by Crippen LogP contribution is 2.07. The largest absolute Gasteiger partial charge is 0.379 e. The predicted octanol–water partition coefficient (Wildman–Crippen LogP) is 1.78. The molecule has 96 valence electrons. The van der Waals surface area contributed by atoms with Crippen molar-refractivity contribution >= 4 is 0 Å². The minimum atomic E-state index is 0.540. The van der Waals surface area contributed by atoms with Crippen molar-refractivity contribution in [1.82, 2.24) is 10.6 Å². The van der Waals surface area contributed by atoms with Crippen molar-refractivity contribution in [1.29, 1.82) is 0 Å². The maximum Gasteiger partial charge on any atom is 0.0620 e. The van der Waals surface area contributed by atoms with Crippen LogP contribution >= 0.6 is 0 Å². The van der Waals surface area contributed by atoms with Crippen LogP contribution in [0.4, 0.5) is 0 Å². The summed E-state index contributed by atoms with van der Waals surface area (Å²) >= 11 is 0. The van der Waals surface area contributed by atoms with Gasteiger partial charge in [-0.05, 0) is 25.8 Å². The standard InChI is InChI=1S/C13H28N2O/c1-4-12(5-2)9-15-11(3)8-13-10-16-7-6-14-13/h11-15H,4-10H2,1-3H3. The van der Waals surface area contributed by atoms with Gasteiger partial charge in [-0.2, -0.15) is 0 Å². The number of ether oxygens (including phenoxy) is 1. The highest BCUT2D eigenvalue weighted by molar-refractivity contribution is 4.76. The Morgan fingerprint density at radius 3 is 2.69 bits per heavy atom. The number of hydrogen-bond donors (Lipinski definition) is 2. The van der Waals surface area contributed by atoms with Gasteiger partial charge in [0.05, 0.1) is 13.2 Å². The van der Waals surface area contributed by atoms with Crippen LogP contribution in [0.1, 0.15) is 40.0 Å². The van der Waals surface area contributed by atoms with Crippen molar-refractivity contribution in [3.8, 4) is 0 Å². The zero-order valence-electron chi connectivity index (χ0n) is 11.1. The molecule has 0 aromatic heterocycles. The molecule has 3 nitrogen and oxygen atoms in total. The molecule has 1 saturated heterocycles. The first-order valence-electron chi connectivity index (χ1n) is 6.80. The van der Waals surface area contributed by atoms with Crippen LogP contribution in [0.25, 0.3) is 0 Å². The van der Waals surface area contributed by atoms with Gasteiger partial charge < -0.3 is 15.4 Å². The average Bonchev–Trinajstić information content (AvgIpc) is 2.31. The van der Waals surface area contributed by atoms with Gasteiger partial charge >= 0.3 is 0 Å². The molecule has 0 aromatic rings. The van der Waals surface area contributed by atoms with Crippen LogP contribution in [0.15, 0.2) is 0 Å². The first-order valence-corrected chi connectivity index (χ1v) is 6.80. The van der Waals surface area contributed by atoms with Crippen LogP contribution in [-0.4, -0.2) is 38.4 Å². The van der Waals surface area contributed by atoms with E-state index in [4.69, 9.17) is 4.74 Å². The summed E-state index contributed by atoms with van der Waals surface area (Å²) in [6, 6.07) is 1.12. The zero-order chi connectivity index (χ0) is 11.8. The van der Waals surface area contributed by atoms with E-state index in [9.17, 15) is 0 Å². The Balaban J connectivity index is 2.11. The highest BCUT2D eigenvalue weighted by Gasteiger charge is 2.16. The fourth-order valence-corrected chi connectivity index (χ4v) is 2.23. The number of rotatable bonds is 7.